The Balaban J connectivity index is 0.000000155. The van der Waals surface area contributed by atoms with E-state index in [1.54, 1.807) is 55.1 Å². The number of nitro groups is 2. The van der Waals surface area contributed by atoms with Crippen LogP contribution in [0.1, 0.15) is 91.2 Å². The van der Waals surface area contributed by atoms with Crippen LogP contribution in [0.2, 0.25) is 29.9 Å². The first kappa shape index (κ1) is 81.2. The van der Waals surface area contributed by atoms with Crippen LogP contribution in [0.4, 0.5) is 34.1 Å². The van der Waals surface area contributed by atoms with E-state index in [1.165, 1.54) is 48.9 Å². The van der Waals surface area contributed by atoms with E-state index in [2.05, 4.69) is 195 Å². The third kappa shape index (κ3) is 24.1. The van der Waals surface area contributed by atoms with Gasteiger partial charge in [0.15, 0.2) is 0 Å². The predicted molar refractivity (Wildman–Crippen MR) is 457 cm³/mol. The van der Waals surface area contributed by atoms with Crippen LogP contribution >= 0.6 is 45.8 Å². The lowest BCUT2D eigenvalue weighted by atomic mass is 10.0. The van der Waals surface area contributed by atoms with E-state index in [1.807, 2.05) is 113 Å². The van der Waals surface area contributed by atoms with Crippen molar-refractivity contribution in [2.75, 3.05) is 59.7 Å². The van der Waals surface area contributed by atoms with Gasteiger partial charge in [0, 0.05) is 149 Å². The van der Waals surface area contributed by atoms with Crippen molar-refractivity contribution in [1.82, 2.24) is 56.9 Å². The second-order valence-electron chi connectivity index (χ2n) is 27.2. The molecule has 5 aliphatic rings. The number of anilines is 4. The van der Waals surface area contributed by atoms with Gasteiger partial charge in [-0.3, -0.25) is 45.2 Å². The second kappa shape index (κ2) is 40.7. The zero-order valence-electron chi connectivity index (χ0n) is 61.7. The second-order valence-corrected chi connectivity index (χ2v) is 34.0. The third-order valence-corrected chi connectivity index (χ3v) is 20.0. The Bertz CT molecular complexity index is 4940. The molecule has 5 aliphatic heterocycles. The Kier molecular flexibility index (Phi) is 30.1. The van der Waals surface area contributed by atoms with E-state index < -0.39 is 8.07 Å². The summed E-state index contributed by atoms with van der Waals surface area (Å²) in [6.45, 7) is 14.2. The summed E-state index contributed by atoms with van der Waals surface area (Å²) in [5.74, 6) is 5.66. The summed E-state index contributed by atoms with van der Waals surface area (Å²) in [5.41, 5.74) is 38.5. The Morgan fingerprint density at radius 1 is 0.491 bits per heavy atom. The summed E-state index contributed by atoms with van der Waals surface area (Å²) < 4.78 is 1.11. The van der Waals surface area contributed by atoms with Gasteiger partial charge in [0.1, 0.15) is 18.4 Å². The molecule has 3 saturated heterocycles. The van der Waals surface area contributed by atoms with Gasteiger partial charge in [-0.25, -0.2) is 9.97 Å². The molecule has 3 fully saturated rings. The Morgan fingerprint density at radius 2 is 0.891 bits per heavy atom. The largest absolute Gasteiger partial charge is 0.398 e. The van der Waals surface area contributed by atoms with E-state index in [-0.39, 0.29) is 21.2 Å². The molecule has 10 heterocycles. The number of hydrazine groups is 4. The summed E-state index contributed by atoms with van der Waals surface area (Å²) in [6.07, 6.45) is 36.9. The number of hydrogen-bond acceptors (Lipinski definition) is 19. The van der Waals surface area contributed by atoms with Gasteiger partial charge in [-0.2, -0.15) is 0 Å². The minimum Gasteiger partial charge on any atom is -0.398 e. The Morgan fingerprint density at radius 3 is 1.31 bits per heavy atom. The Labute approximate surface area is 668 Å². The number of hydrogen-bond donors (Lipinski definition) is 5. The maximum atomic E-state index is 11.8. The lowest BCUT2D eigenvalue weighted by Crippen LogP contribution is -2.35. The quantitative estimate of drug-likeness (QED) is 0.0129. The van der Waals surface area contributed by atoms with Gasteiger partial charge in [-0.15, -0.1) is 35.9 Å². The van der Waals surface area contributed by atoms with Gasteiger partial charge in [0.2, 0.25) is 0 Å². The number of piperidine rings is 3. The summed E-state index contributed by atoms with van der Waals surface area (Å²) in [7, 11) is -1.28. The molecule has 25 heteroatoms. The van der Waals surface area contributed by atoms with Crippen LogP contribution in [0.5, 0.6) is 0 Å². The molecule has 110 heavy (non-hydrogen) atoms. The average molecular weight is 1640 g/mol. The molecular weight excluding hydrogens is 1550 g/mol. The van der Waals surface area contributed by atoms with Gasteiger partial charge >= 0.3 is 0 Å². The number of nitrogen functional groups attached to an aromatic ring is 1. The fourth-order valence-corrected chi connectivity index (χ4v) is 14.1. The highest BCUT2D eigenvalue weighted by Gasteiger charge is 2.25. The number of benzene rings is 5. The van der Waals surface area contributed by atoms with Crippen molar-refractivity contribution in [3.63, 3.8) is 0 Å². The highest BCUT2D eigenvalue weighted by atomic mass is 127. The molecule has 6 N–H and O–H groups in total. The molecule has 10 aromatic rings. The summed E-state index contributed by atoms with van der Waals surface area (Å²) in [4.78, 5) is 50.5. The summed E-state index contributed by atoms with van der Waals surface area (Å²) in [5, 5.41) is 28.2. The first-order chi connectivity index (χ1) is 53.4. The molecule has 0 radical (unpaired) electrons. The van der Waals surface area contributed by atoms with Crippen LogP contribution in [0, 0.1) is 60.5 Å². The van der Waals surface area contributed by atoms with E-state index in [4.69, 9.17) is 35.4 Å². The van der Waals surface area contributed by atoms with Gasteiger partial charge in [0.05, 0.1) is 62.5 Å². The van der Waals surface area contributed by atoms with E-state index in [0.29, 0.717) is 44.9 Å². The van der Waals surface area contributed by atoms with Gasteiger partial charge in [0.25, 0.3) is 11.4 Å². The molecule has 21 nitrogen and oxygen atoms in total. The van der Waals surface area contributed by atoms with Crippen LogP contribution in [-0.4, -0.2) is 92.1 Å². The summed E-state index contributed by atoms with van der Waals surface area (Å²) >= 11 is 13.4. The first-order valence-electron chi connectivity index (χ1n) is 36.3. The van der Waals surface area contributed by atoms with Crippen molar-refractivity contribution < 1.29 is 9.85 Å². The van der Waals surface area contributed by atoms with Crippen molar-refractivity contribution in [1.29, 1.82) is 0 Å². The van der Waals surface area contributed by atoms with Gasteiger partial charge < -0.3 is 31.3 Å². The molecular formula is C85H88Cl2IN17O4Si. The maximum Gasteiger partial charge on any atom is 0.278 e. The number of aromatic nitrogens is 5. The summed E-state index contributed by atoms with van der Waals surface area (Å²) in [6, 6.07) is 56.2. The van der Waals surface area contributed by atoms with E-state index in [9.17, 15) is 20.2 Å². The van der Waals surface area contributed by atoms with Crippen molar-refractivity contribution in [2.45, 2.75) is 90.5 Å². The van der Waals surface area contributed by atoms with Crippen LogP contribution in [0.3, 0.4) is 0 Å². The van der Waals surface area contributed by atoms with Crippen molar-refractivity contribution in [3.8, 4) is 70.4 Å². The standard InChI is InChI=1S/C25H26N6O2.C25H28N6.C18H17N3O2.C10H12ClNSi.C5H3ClIN.C2H2/c32-31(33)25-10-9-21(29-13-5-2-6-14-29)16-22(25)23-15-20(11-12-26-23)24-18-30(28-27-24)17-19-7-3-1-4-8-19;26-23-10-9-21(30-13-5-2-6-14-30)16-22(23)24-15-20(11-12-27-24)25-18-31(29-28-25)17-19-7-3-1-4-8-19;1-2-14-8-9-19-17(12-14)16-13-15(6-7-18(16)21(22)23)20-10-4-3-5-11-20;1-13(2,3)7-5-9-4-6-12-10(11)8-9;6-5-3-4(7)1-2-8-5;1-2/h1,3-4,7-12,15-16,18,27-28H,2,5-6,13-14,17H2;1,3-4,7-12,15-16,18,28-29H,2,5-6,13-14,17,26H2;1,6-9,12-13H,3-5,10-11H2;4,6,8H,1-3H3;1-3H;1-2H. The molecule has 0 spiro atoms. The third-order valence-electron chi connectivity index (χ3n) is 18.1. The van der Waals surface area contributed by atoms with Crippen LogP contribution in [0.15, 0.2) is 219 Å². The monoisotopic (exact) mass is 1640 g/mol. The lowest BCUT2D eigenvalue weighted by molar-refractivity contribution is -0.384. The molecule has 0 aliphatic carbocycles. The number of pyridine rings is 5. The molecule has 0 atom stereocenters. The van der Waals surface area contributed by atoms with Crippen LogP contribution in [0.25, 0.3) is 45.2 Å². The fourth-order valence-electron chi connectivity index (χ4n) is 12.6. The minimum atomic E-state index is -1.28. The van der Waals surface area contributed by atoms with Crippen molar-refractivity contribution in [2.24, 2.45) is 0 Å². The van der Waals surface area contributed by atoms with Crippen LogP contribution < -0.4 is 42.4 Å². The first-order valence-corrected chi connectivity index (χ1v) is 41.6. The van der Waals surface area contributed by atoms with Gasteiger partial charge in [-0.05, 0) is 195 Å². The minimum absolute atomic E-state index is 0.0485. The molecule has 0 bridgehead atoms. The number of nitrogens with two attached hydrogens (primary N) is 1. The van der Waals surface area contributed by atoms with Gasteiger partial charge in [-0.1, -0.05) is 115 Å². The number of nitrogens with zero attached hydrogens (tertiary/aromatic N) is 12. The average Bonchev–Trinajstić information content (AvgIpc) is 1.02. The predicted octanol–water partition coefficient (Wildman–Crippen LogP) is 17.8. The number of rotatable bonds is 14. The number of nitro benzene ring substituents is 2. The van der Waals surface area contributed by atoms with E-state index in [0.717, 1.165) is 131 Å². The highest BCUT2D eigenvalue weighted by molar-refractivity contribution is 14.1. The molecule has 0 amide bonds. The number of terminal acetylenes is 2. The van der Waals surface area contributed by atoms with Crippen molar-refractivity contribution in [3.05, 3.63) is 287 Å². The van der Waals surface area contributed by atoms with E-state index >= 15 is 0 Å². The molecule has 5 aromatic carbocycles. The van der Waals surface area contributed by atoms with Crippen LogP contribution in [-0.2, 0) is 13.1 Å². The molecule has 562 valence electrons. The normalized spacial score (nSPS) is 14.2. The molecule has 0 saturated carbocycles. The Hall–Kier alpha value is -11.3. The maximum absolute atomic E-state index is 11.8. The number of nitrogens with one attached hydrogen (secondary N) is 4. The molecule has 0 unspecified atom stereocenters. The highest BCUT2D eigenvalue weighted by Crippen LogP contribution is 2.37. The van der Waals surface area contributed by atoms with Crippen molar-refractivity contribution >= 4 is 99.4 Å². The zero-order valence-corrected chi connectivity index (χ0v) is 66.4. The molecule has 15 rings (SSSR count). The SMILES string of the molecule is C#C.C#Cc1ccnc(-c2cc(N3CCCCC3)ccc2[N+](=O)[O-])c1.C[Si](C)(C)C#Cc1ccnc(Cl)c1.Clc1cc(I)ccn1.Nc1ccc(N2CCCCC2)cc1-c1cc(C2=CN(Cc3ccccc3)NN2)ccn1.O=[N+]([O-])c1ccc(N2CCCCC2)cc1-c1cc(C2=CN(Cc3ccccc3)NN2)ccn1. The molecule has 5 aromatic heterocycles. The lowest BCUT2D eigenvalue weighted by Gasteiger charge is -2.29. The fraction of sp³-hybridized carbons (Fsp3) is 0.235. The smallest absolute Gasteiger partial charge is 0.278 e. The topological polar surface area (TPSA) is 241 Å². The number of halogens is 3. The zero-order chi connectivity index (χ0) is 77.8.